The zero-order chi connectivity index (χ0) is 17.3. The van der Waals surface area contributed by atoms with Crippen LogP contribution in [-0.2, 0) is 13.1 Å². The number of hydrogen-bond acceptors (Lipinski definition) is 4. The Bertz CT molecular complexity index is 622. The summed E-state index contributed by atoms with van der Waals surface area (Å²) >= 11 is 3.59. The fraction of sp³-hybridized carbons (Fsp3) is 0.526. The molecule has 0 amide bonds. The molecule has 0 aliphatic carbocycles. The average Bonchev–Trinajstić information content (AvgIpc) is 3.31. The largest absolute Gasteiger partial charge is 0.357 e. The van der Waals surface area contributed by atoms with E-state index in [0.717, 1.165) is 32.1 Å². The first-order valence-electron chi connectivity index (χ1n) is 9.11. The highest BCUT2D eigenvalue weighted by molar-refractivity contribution is 7.09. The Kier molecular flexibility index (Phi) is 7.33. The number of nitrogens with one attached hydrogen (secondary N) is 2. The van der Waals surface area contributed by atoms with Crippen molar-refractivity contribution < 1.29 is 0 Å². The molecule has 1 saturated heterocycles. The summed E-state index contributed by atoms with van der Waals surface area (Å²) < 4.78 is 0. The van der Waals surface area contributed by atoms with Crippen molar-refractivity contribution in [3.05, 3.63) is 44.8 Å². The summed E-state index contributed by atoms with van der Waals surface area (Å²) in [4.78, 5) is 8.78. The van der Waals surface area contributed by atoms with E-state index in [-0.39, 0.29) is 0 Å². The van der Waals surface area contributed by atoms with Crippen molar-refractivity contribution in [3.63, 3.8) is 0 Å². The molecule has 1 atom stereocenters. The molecular formula is C19H28N4S2. The quantitative estimate of drug-likeness (QED) is 0.571. The van der Waals surface area contributed by atoms with E-state index in [4.69, 9.17) is 4.99 Å². The minimum absolute atomic E-state index is 0.693. The molecule has 4 nitrogen and oxygen atoms in total. The van der Waals surface area contributed by atoms with Crippen LogP contribution in [0, 0.1) is 5.92 Å². The number of guanidine groups is 1. The Morgan fingerprint density at radius 2 is 2.28 bits per heavy atom. The van der Waals surface area contributed by atoms with Crippen LogP contribution >= 0.6 is 22.7 Å². The van der Waals surface area contributed by atoms with Crippen molar-refractivity contribution in [2.75, 3.05) is 26.2 Å². The molecule has 136 valence electrons. The second kappa shape index (κ2) is 9.94. The van der Waals surface area contributed by atoms with E-state index in [2.05, 4.69) is 56.8 Å². The highest BCUT2D eigenvalue weighted by Crippen LogP contribution is 2.20. The molecule has 3 heterocycles. The van der Waals surface area contributed by atoms with Gasteiger partial charge in [-0.2, -0.15) is 11.3 Å². The van der Waals surface area contributed by atoms with Gasteiger partial charge in [-0.1, -0.05) is 6.07 Å². The molecule has 1 fully saturated rings. The maximum absolute atomic E-state index is 4.71. The van der Waals surface area contributed by atoms with E-state index < -0.39 is 0 Å². The predicted octanol–water partition coefficient (Wildman–Crippen LogP) is 3.78. The fourth-order valence-corrected chi connectivity index (χ4v) is 4.63. The molecule has 0 saturated carbocycles. The Balaban J connectivity index is 1.47. The van der Waals surface area contributed by atoms with E-state index in [0.29, 0.717) is 5.92 Å². The highest BCUT2D eigenvalue weighted by Gasteiger charge is 2.20. The first-order valence-corrected chi connectivity index (χ1v) is 10.9. The number of likely N-dealkylation sites (tertiary alicyclic amines) is 1. The molecule has 6 heteroatoms. The molecule has 2 aromatic heterocycles. The maximum Gasteiger partial charge on any atom is 0.191 e. The molecule has 1 unspecified atom stereocenters. The Hall–Kier alpha value is -1.37. The van der Waals surface area contributed by atoms with Gasteiger partial charge in [-0.3, -0.25) is 4.90 Å². The van der Waals surface area contributed by atoms with Crippen molar-refractivity contribution in [1.82, 2.24) is 15.5 Å². The first-order chi connectivity index (χ1) is 12.3. The van der Waals surface area contributed by atoms with E-state index in [1.165, 1.54) is 36.4 Å². The number of hydrogen-bond donors (Lipinski definition) is 2. The third-order valence-electron chi connectivity index (χ3n) is 4.46. The number of rotatable bonds is 7. The van der Waals surface area contributed by atoms with Gasteiger partial charge in [-0.05, 0) is 66.1 Å². The summed E-state index contributed by atoms with van der Waals surface area (Å²) in [5.41, 5.74) is 1.28. The number of aliphatic imine (C=N–C) groups is 1. The summed E-state index contributed by atoms with van der Waals surface area (Å²) in [6, 6.07) is 6.53. The molecule has 2 N–H and O–H groups in total. The van der Waals surface area contributed by atoms with E-state index in [1.807, 2.05) is 11.3 Å². The topological polar surface area (TPSA) is 39.7 Å². The number of nitrogens with zero attached hydrogens (tertiary/aromatic N) is 2. The average molecular weight is 377 g/mol. The van der Waals surface area contributed by atoms with Gasteiger partial charge in [0.15, 0.2) is 5.96 Å². The zero-order valence-corrected chi connectivity index (χ0v) is 16.5. The van der Waals surface area contributed by atoms with Crippen molar-refractivity contribution in [2.45, 2.75) is 32.9 Å². The Labute approximate surface area is 159 Å². The lowest BCUT2D eigenvalue weighted by atomic mass is 9.98. The lowest BCUT2D eigenvalue weighted by molar-refractivity contribution is 0.169. The minimum Gasteiger partial charge on any atom is -0.357 e. The van der Waals surface area contributed by atoms with E-state index in [1.54, 1.807) is 11.3 Å². The second-order valence-corrected chi connectivity index (χ2v) is 8.34. The first kappa shape index (κ1) is 18.4. The SMILES string of the molecule is CCNC(=NCc1ccsc1)NCC1CCCN(Cc2cccs2)C1. The lowest BCUT2D eigenvalue weighted by Gasteiger charge is -2.32. The predicted molar refractivity (Wildman–Crippen MR) is 109 cm³/mol. The number of piperidine rings is 1. The molecule has 2 aromatic rings. The monoisotopic (exact) mass is 376 g/mol. The van der Waals surface area contributed by atoms with Gasteiger partial charge < -0.3 is 10.6 Å². The standard InChI is InChI=1S/C19H28N4S2/c1-2-20-19(22-12-17-7-10-24-15-17)21-11-16-5-3-8-23(13-16)14-18-6-4-9-25-18/h4,6-7,9-10,15-16H,2-3,5,8,11-14H2,1H3,(H2,20,21,22). The minimum atomic E-state index is 0.693. The normalized spacial score (nSPS) is 19.1. The highest BCUT2D eigenvalue weighted by atomic mass is 32.1. The molecular weight excluding hydrogens is 348 g/mol. The van der Waals surface area contributed by atoms with Gasteiger partial charge in [0, 0.05) is 31.1 Å². The van der Waals surface area contributed by atoms with E-state index >= 15 is 0 Å². The van der Waals surface area contributed by atoms with Gasteiger partial charge in [-0.15, -0.1) is 11.3 Å². The summed E-state index contributed by atoms with van der Waals surface area (Å²) in [6.45, 7) is 8.25. The van der Waals surface area contributed by atoms with E-state index in [9.17, 15) is 0 Å². The van der Waals surface area contributed by atoms with Crippen molar-refractivity contribution >= 4 is 28.6 Å². The second-order valence-electron chi connectivity index (χ2n) is 6.53. The maximum atomic E-state index is 4.71. The molecule has 0 bridgehead atoms. The van der Waals surface area contributed by atoms with Crippen LogP contribution in [-0.4, -0.2) is 37.0 Å². The van der Waals surface area contributed by atoms with Crippen LogP contribution in [0.3, 0.4) is 0 Å². The van der Waals surface area contributed by atoms with Crippen molar-refractivity contribution in [1.29, 1.82) is 0 Å². The summed E-state index contributed by atoms with van der Waals surface area (Å²) in [7, 11) is 0. The molecule has 25 heavy (non-hydrogen) atoms. The van der Waals surface area contributed by atoms with Gasteiger partial charge in [0.1, 0.15) is 0 Å². The summed E-state index contributed by atoms with van der Waals surface area (Å²) in [5.74, 6) is 1.63. The lowest BCUT2D eigenvalue weighted by Crippen LogP contribution is -2.44. The molecule has 0 spiro atoms. The van der Waals surface area contributed by atoms with Crippen LogP contribution in [0.4, 0.5) is 0 Å². The van der Waals surface area contributed by atoms with Gasteiger partial charge in [-0.25, -0.2) is 4.99 Å². The molecule has 1 aliphatic rings. The van der Waals surface area contributed by atoms with Crippen LogP contribution < -0.4 is 10.6 Å². The summed E-state index contributed by atoms with van der Waals surface area (Å²) in [5, 5.41) is 13.4. The number of thiophene rings is 2. The Morgan fingerprint density at radius 3 is 3.04 bits per heavy atom. The van der Waals surface area contributed by atoms with Gasteiger partial charge >= 0.3 is 0 Å². The molecule has 0 radical (unpaired) electrons. The van der Waals surface area contributed by atoms with Gasteiger partial charge in [0.25, 0.3) is 0 Å². The Morgan fingerprint density at radius 1 is 1.32 bits per heavy atom. The fourth-order valence-electron chi connectivity index (χ4n) is 3.22. The molecule has 0 aromatic carbocycles. The molecule has 1 aliphatic heterocycles. The van der Waals surface area contributed by atoms with Crippen molar-refractivity contribution in [2.24, 2.45) is 10.9 Å². The van der Waals surface area contributed by atoms with Crippen LogP contribution in [0.25, 0.3) is 0 Å². The third kappa shape index (κ3) is 6.13. The van der Waals surface area contributed by atoms with Gasteiger partial charge in [0.2, 0.25) is 0 Å². The van der Waals surface area contributed by atoms with Gasteiger partial charge in [0.05, 0.1) is 6.54 Å². The van der Waals surface area contributed by atoms with Crippen LogP contribution in [0.15, 0.2) is 39.3 Å². The smallest absolute Gasteiger partial charge is 0.191 e. The van der Waals surface area contributed by atoms with Crippen LogP contribution in [0.1, 0.15) is 30.2 Å². The van der Waals surface area contributed by atoms with Crippen LogP contribution in [0.5, 0.6) is 0 Å². The zero-order valence-electron chi connectivity index (χ0n) is 14.9. The van der Waals surface area contributed by atoms with Crippen LogP contribution in [0.2, 0.25) is 0 Å². The van der Waals surface area contributed by atoms with Crippen molar-refractivity contribution in [3.8, 4) is 0 Å². The third-order valence-corrected chi connectivity index (χ3v) is 6.06. The summed E-state index contributed by atoms with van der Waals surface area (Å²) in [6.07, 6.45) is 2.60. The molecule has 3 rings (SSSR count).